The quantitative estimate of drug-likeness (QED) is 0.366. The Bertz CT molecular complexity index is 801. The van der Waals surface area contributed by atoms with Gasteiger partial charge in [-0.2, -0.15) is 0 Å². The van der Waals surface area contributed by atoms with Crippen molar-refractivity contribution in [2.24, 2.45) is 0 Å². The number of unbranched alkanes of at least 4 members (excludes halogenated alkanes) is 7. The van der Waals surface area contributed by atoms with Gasteiger partial charge in [-0.3, -0.25) is 0 Å². The number of ether oxygens (including phenoxy) is 2. The van der Waals surface area contributed by atoms with Crippen LogP contribution in [0.25, 0.3) is 11.0 Å². The predicted molar refractivity (Wildman–Crippen MR) is 113 cm³/mol. The Morgan fingerprint density at radius 3 is 2.29 bits per heavy atom. The molecule has 2 aromatic rings. The van der Waals surface area contributed by atoms with Gasteiger partial charge >= 0.3 is 5.63 Å². The Balaban J connectivity index is 1.97. The third-order valence-corrected chi connectivity index (χ3v) is 4.48. The number of hydrogen-bond donors (Lipinski definition) is 1. The molecule has 0 aliphatic rings. The standard InChI is InChI=1S/C23H34O5/c1-5-6-7-8-9-10-11-12-15-26-21-18-14-13-17(28-23(2,3)4)16-19(18)27-22(25)20(21)24/h13-14,16,24H,5-12,15H2,1-4H3. The van der Waals surface area contributed by atoms with E-state index in [0.29, 0.717) is 23.3 Å². The molecule has 28 heavy (non-hydrogen) atoms. The van der Waals surface area contributed by atoms with Gasteiger partial charge in [-0.25, -0.2) is 4.79 Å². The van der Waals surface area contributed by atoms with Crippen LogP contribution in [0.4, 0.5) is 0 Å². The number of aromatic hydroxyl groups is 1. The van der Waals surface area contributed by atoms with Crippen molar-refractivity contribution in [3.8, 4) is 17.2 Å². The molecule has 0 spiro atoms. The van der Waals surface area contributed by atoms with Crippen LogP contribution < -0.4 is 15.1 Å². The highest BCUT2D eigenvalue weighted by molar-refractivity contribution is 5.86. The maximum Gasteiger partial charge on any atom is 0.382 e. The van der Waals surface area contributed by atoms with Crippen LogP contribution in [0.15, 0.2) is 27.4 Å². The SMILES string of the molecule is CCCCCCCCCCOc1c(O)c(=O)oc2cc(OC(C)(C)C)ccc12. The van der Waals surface area contributed by atoms with Crippen molar-refractivity contribution in [3.63, 3.8) is 0 Å². The zero-order valence-electron chi connectivity index (χ0n) is 17.7. The summed E-state index contributed by atoms with van der Waals surface area (Å²) in [5.74, 6) is 0.316. The van der Waals surface area contributed by atoms with E-state index in [2.05, 4.69) is 6.92 Å². The summed E-state index contributed by atoms with van der Waals surface area (Å²) in [5.41, 5.74) is -0.817. The molecule has 0 amide bonds. The van der Waals surface area contributed by atoms with E-state index in [4.69, 9.17) is 13.9 Å². The second-order valence-electron chi connectivity index (χ2n) is 8.26. The summed E-state index contributed by atoms with van der Waals surface area (Å²) in [6.07, 6.45) is 9.58. The van der Waals surface area contributed by atoms with Gasteiger partial charge in [0.15, 0.2) is 5.75 Å². The van der Waals surface area contributed by atoms with Gasteiger partial charge in [-0.1, -0.05) is 51.9 Å². The lowest BCUT2D eigenvalue weighted by Crippen LogP contribution is -2.22. The van der Waals surface area contributed by atoms with Crippen LogP contribution in [0.5, 0.6) is 17.2 Å². The Labute approximate surface area is 167 Å². The molecule has 0 bridgehead atoms. The van der Waals surface area contributed by atoms with Crippen molar-refractivity contribution in [2.75, 3.05) is 6.61 Å². The molecule has 0 fully saturated rings. The average molecular weight is 391 g/mol. The first-order valence-electron chi connectivity index (χ1n) is 10.4. The van der Waals surface area contributed by atoms with E-state index < -0.39 is 11.4 Å². The van der Waals surface area contributed by atoms with Crippen molar-refractivity contribution in [1.29, 1.82) is 0 Å². The third kappa shape index (κ3) is 6.77. The molecule has 1 heterocycles. The van der Waals surface area contributed by atoms with Gasteiger partial charge < -0.3 is 19.0 Å². The Hall–Kier alpha value is -2.17. The Morgan fingerprint density at radius 2 is 1.64 bits per heavy atom. The zero-order valence-corrected chi connectivity index (χ0v) is 17.7. The van der Waals surface area contributed by atoms with Crippen LogP contribution in [0.1, 0.15) is 79.1 Å². The van der Waals surface area contributed by atoms with Crippen LogP contribution in [0.2, 0.25) is 0 Å². The van der Waals surface area contributed by atoms with E-state index in [-0.39, 0.29) is 11.4 Å². The van der Waals surface area contributed by atoms with E-state index >= 15 is 0 Å². The lowest BCUT2D eigenvalue weighted by Gasteiger charge is -2.21. The average Bonchev–Trinajstić information content (AvgIpc) is 2.62. The molecule has 5 heteroatoms. The molecule has 1 N–H and O–H groups in total. The van der Waals surface area contributed by atoms with Crippen molar-refractivity contribution in [1.82, 2.24) is 0 Å². The molecule has 0 radical (unpaired) electrons. The number of hydrogen-bond acceptors (Lipinski definition) is 5. The summed E-state index contributed by atoms with van der Waals surface area (Å²) < 4.78 is 16.8. The van der Waals surface area contributed by atoms with Gasteiger partial charge in [0.25, 0.3) is 0 Å². The van der Waals surface area contributed by atoms with Crippen LogP contribution in [0.3, 0.4) is 0 Å². The van der Waals surface area contributed by atoms with Gasteiger partial charge in [0, 0.05) is 6.07 Å². The van der Waals surface area contributed by atoms with Crippen molar-refractivity contribution in [3.05, 3.63) is 28.6 Å². The maximum absolute atomic E-state index is 12.0. The zero-order chi connectivity index (χ0) is 20.6. The highest BCUT2D eigenvalue weighted by Gasteiger charge is 2.18. The minimum absolute atomic E-state index is 0.191. The van der Waals surface area contributed by atoms with Gasteiger partial charge in [-0.15, -0.1) is 0 Å². The first kappa shape index (κ1) is 22.1. The van der Waals surface area contributed by atoms with E-state index in [1.54, 1.807) is 18.2 Å². The molecule has 0 aliphatic heterocycles. The maximum atomic E-state index is 12.0. The fourth-order valence-corrected chi connectivity index (χ4v) is 3.12. The van der Waals surface area contributed by atoms with Crippen molar-refractivity contribution < 1.29 is 19.0 Å². The van der Waals surface area contributed by atoms with Crippen molar-refractivity contribution in [2.45, 2.75) is 84.7 Å². The van der Waals surface area contributed by atoms with Gasteiger partial charge in [0.05, 0.1) is 12.0 Å². The third-order valence-electron chi connectivity index (χ3n) is 4.48. The van der Waals surface area contributed by atoms with Gasteiger partial charge in [0.1, 0.15) is 16.9 Å². The number of rotatable bonds is 11. The van der Waals surface area contributed by atoms with Crippen LogP contribution in [0, 0.1) is 0 Å². The van der Waals surface area contributed by atoms with E-state index in [1.807, 2.05) is 20.8 Å². The fourth-order valence-electron chi connectivity index (χ4n) is 3.12. The molecule has 1 aromatic heterocycles. The number of benzene rings is 1. The predicted octanol–water partition coefficient (Wildman–Crippen LogP) is 6.20. The molecule has 0 saturated carbocycles. The van der Waals surface area contributed by atoms with Gasteiger partial charge in [0.2, 0.25) is 5.75 Å². The Morgan fingerprint density at radius 1 is 1.00 bits per heavy atom. The lowest BCUT2D eigenvalue weighted by atomic mass is 10.1. The summed E-state index contributed by atoms with van der Waals surface area (Å²) in [6, 6.07) is 5.20. The Kier molecular flexibility index (Phi) is 8.21. The van der Waals surface area contributed by atoms with Gasteiger partial charge in [-0.05, 0) is 39.3 Å². The molecular weight excluding hydrogens is 356 g/mol. The summed E-state index contributed by atoms with van der Waals surface area (Å²) in [5, 5.41) is 10.7. The summed E-state index contributed by atoms with van der Waals surface area (Å²) in [6.45, 7) is 8.52. The topological polar surface area (TPSA) is 68.9 Å². The summed E-state index contributed by atoms with van der Waals surface area (Å²) in [7, 11) is 0. The monoisotopic (exact) mass is 390 g/mol. The highest BCUT2D eigenvalue weighted by atomic mass is 16.5. The van der Waals surface area contributed by atoms with Crippen LogP contribution in [-0.4, -0.2) is 17.3 Å². The molecule has 0 aliphatic carbocycles. The summed E-state index contributed by atoms with van der Waals surface area (Å²) in [4.78, 5) is 12.0. The fraction of sp³-hybridized carbons (Fsp3) is 0.609. The lowest BCUT2D eigenvalue weighted by molar-refractivity contribution is 0.131. The second kappa shape index (κ2) is 10.4. The van der Waals surface area contributed by atoms with Crippen LogP contribution in [-0.2, 0) is 0 Å². The van der Waals surface area contributed by atoms with Crippen molar-refractivity contribution >= 4 is 11.0 Å². The minimum atomic E-state index is -0.800. The first-order chi connectivity index (χ1) is 13.3. The normalized spacial score (nSPS) is 11.7. The van der Waals surface area contributed by atoms with E-state index in [9.17, 15) is 9.90 Å². The molecule has 0 atom stereocenters. The minimum Gasteiger partial charge on any atom is -0.499 e. The molecule has 0 unspecified atom stereocenters. The molecule has 2 rings (SSSR count). The highest BCUT2D eigenvalue weighted by Crippen LogP contribution is 2.34. The van der Waals surface area contributed by atoms with E-state index in [1.165, 1.54) is 38.5 Å². The number of fused-ring (bicyclic) bond motifs is 1. The largest absolute Gasteiger partial charge is 0.499 e. The molecule has 156 valence electrons. The molecular formula is C23H34O5. The molecule has 5 nitrogen and oxygen atoms in total. The molecule has 0 saturated heterocycles. The second-order valence-corrected chi connectivity index (χ2v) is 8.26. The van der Waals surface area contributed by atoms with Crippen LogP contribution >= 0.6 is 0 Å². The smallest absolute Gasteiger partial charge is 0.382 e. The van der Waals surface area contributed by atoms with E-state index in [0.717, 1.165) is 12.8 Å². The molecule has 1 aromatic carbocycles. The summed E-state index contributed by atoms with van der Waals surface area (Å²) >= 11 is 0. The first-order valence-corrected chi connectivity index (χ1v) is 10.4.